The summed E-state index contributed by atoms with van der Waals surface area (Å²) in [6, 6.07) is 8.53. The summed E-state index contributed by atoms with van der Waals surface area (Å²) in [5, 5.41) is 13.7. The summed E-state index contributed by atoms with van der Waals surface area (Å²) in [6.07, 6.45) is -0.285. The second-order valence-electron chi connectivity index (χ2n) is 6.81. The van der Waals surface area contributed by atoms with Gasteiger partial charge in [-0.05, 0) is 26.8 Å². The molecule has 0 bridgehead atoms. The molecule has 0 spiro atoms. The Morgan fingerprint density at radius 2 is 2.21 bits per heavy atom. The van der Waals surface area contributed by atoms with Crippen molar-refractivity contribution in [2.45, 2.75) is 39.5 Å². The average Bonchev–Trinajstić information content (AvgIpc) is 2.98. The van der Waals surface area contributed by atoms with Crippen LogP contribution in [-0.4, -0.2) is 63.4 Å². The van der Waals surface area contributed by atoms with Gasteiger partial charge in [0.05, 0.1) is 12.6 Å². The van der Waals surface area contributed by atoms with Gasteiger partial charge in [0.2, 0.25) is 11.7 Å². The minimum absolute atomic E-state index is 0.285. The number of piperazine rings is 1. The first-order chi connectivity index (χ1) is 11.5. The number of nitrogens with zero attached hydrogens (tertiary/aromatic N) is 4. The van der Waals surface area contributed by atoms with E-state index >= 15 is 0 Å². The highest BCUT2D eigenvalue weighted by Gasteiger charge is 2.25. The molecule has 2 aromatic rings. The molecule has 3 rings (SSSR count). The van der Waals surface area contributed by atoms with Gasteiger partial charge in [-0.15, -0.1) is 0 Å². The lowest BCUT2D eigenvalue weighted by Gasteiger charge is -2.39. The molecule has 0 aliphatic carbocycles. The van der Waals surface area contributed by atoms with Crippen molar-refractivity contribution in [2.75, 3.05) is 26.2 Å². The Kier molecular flexibility index (Phi) is 5.28. The number of aryl methyl sites for hydroxylation is 1. The molecule has 0 saturated carbocycles. The van der Waals surface area contributed by atoms with Crippen LogP contribution in [0.2, 0.25) is 0 Å². The lowest BCUT2D eigenvalue weighted by Crippen LogP contribution is -2.53. The van der Waals surface area contributed by atoms with Crippen LogP contribution < -0.4 is 0 Å². The van der Waals surface area contributed by atoms with Gasteiger partial charge < -0.3 is 9.63 Å². The Bertz CT molecular complexity index is 671. The van der Waals surface area contributed by atoms with Crippen LogP contribution in [0, 0.1) is 6.92 Å². The highest BCUT2D eigenvalue weighted by molar-refractivity contribution is 5.55. The van der Waals surface area contributed by atoms with E-state index in [1.807, 2.05) is 19.1 Å². The normalized spacial score (nSPS) is 21.1. The van der Waals surface area contributed by atoms with Gasteiger partial charge in [0.15, 0.2) is 0 Å². The highest BCUT2D eigenvalue weighted by atomic mass is 16.5. The third-order valence-electron chi connectivity index (χ3n) is 4.45. The van der Waals surface area contributed by atoms with E-state index in [0.717, 1.165) is 31.7 Å². The molecule has 1 saturated heterocycles. The quantitative estimate of drug-likeness (QED) is 0.904. The lowest BCUT2D eigenvalue weighted by molar-refractivity contribution is 0.0385. The molecular weight excluding hydrogens is 304 g/mol. The van der Waals surface area contributed by atoms with Crippen molar-refractivity contribution in [3.8, 4) is 11.4 Å². The number of aromatic nitrogens is 2. The van der Waals surface area contributed by atoms with E-state index in [1.54, 1.807) is 0 Å². The van der Waals surface area contributed by atoms with E-state index < -0.39 is 0 Å². The molecule has 2 heterocycles. The monoisotopic (exact) mass is 330 g/mol. The first-order valence-electron chi connectivity index (χ1n) is 8.55. The van der Waals surface area contributed by atoms with Crippen LogP contribution in [0.3, 0.4) is 0 Å². The summed E-state index contributed by atoms with van der Waals surface area (Å²) in [6.45, 7) is 10.3. The van der Waals surface area contributed by atoms with Gasteiger partial charge in [-0.3, -0.25) is 9.80 Å². The Balaban J connectivity index is 1.60. The molecule has 1 fully saturated rings. The number of hydrogen-bond donors (Lipinski definition) is 1. The van der Waals surface area contributed by atoms with Crippen molar-refractivity contribution >= 4 is 0 Å². The molecule has 1 aromatic heterocycles. The predicted molar refractivity (Wildman–Crippen MR) is 92.5 cm³/mol. The van der Waals surface area contributed by atoms with Crippen molar-refractivity contribution in [1.82, 2.24) is 19.9 Å². The zero-order valence-corrected chi connectivity index (χ0v) is 14.6. The van der Waals surface area contributed by atoms with Crippen molar-refractivity contribution in [1.29, 1.82) is 0 Å². The van der Waals surface area contributed by atoms with Gasteiger partial charge in [-0.1, -0.05) is 28.9 Å². The molecule has 130 valence electrons. The topological polar surface area (TPSA) is 65.6 Å². The van der Waals surface area contributed by atoms with Crippen LogP contribution >= 0.6 is 0 Å². The summed E-state index contributed by atoms with van der Waals surface area (Å²) in [5.41, 5.74) is 2.17. The second kappa shape index (κ2) is 7.42. The SMILES string of the molecule is Cc1cccc(-c2noc(CN3CCN(C[C@H](C)O)[C@@H](C)C3)n2)c1. The van der Waals surface area contributed by atoms with Crippen LogP contribution in [-0.2, 0) is 6.54 Å². The number of β-amino-alcohol motifs (C(OH)–C–C–N with tert-alkyl or cyclic N) is 1. The molecule has 1 aromatic carbocycles. The predicted octanol–water partition coefficient (Wildman–Crippen LogP) is 1.93. The maximum Gasteiger partial charge on any atom is 0.241 e. The number of aliphatic hydroxyl groups is 1. The van der Waals surface area contributed by atoms with E-state index in [4.69, 9.17) is 4.52 Å². The third kappa shape index (κ3) is 4.20. The Morgan fingerprint density at radius 1 is 1.38 bits per heavy atom. The fourth-order valence-corrected chi connectivity index (χ4v) is 3.24. The van der Waals surface area contributed by atoms with Crippen molar-refractivity contribution in [3.05, 3.63) is 35.7 Å². The fraction of sp³-hybridized carbons (Fsp3) is 0.556. The number of rotatable bonds is 5. The van der Waals surface area contributed by atoms with Gasteiger partial charge in [-0.2, -0.15) is 4.98 Å². The largest absolute Gasteiger partial charge is 0.392 e. The third-order valence-corrected chi connectivity index (χ3v) is 4.45. The van der Waals surface area contributed by atoms with Gasteiger partial charge >= 0.3 is 0 Å². The molecule has 0 amide bonds. The summed E-state index contributed by atoms with van der Waals surface area (Å²) in [5.74, 6) is 1.30. The van der Waals surface area contributed by atoms with E-state index in [0.29, 0.717) is 24.3 Å². The lowest BCUT2D eigenvalue weighted by atomic mass is 10.1. The van der Waals surface area contributed by atoms with E-state index in [-0.39, 0.29) is 6.10 Å². The zero-order valence-electron chi connectivity index (χ0n) is 14.6. The van der Waals surface area contributed by atoms with E-state index in [9.17, 15) is 5.11 Å². The molecule has 1 N–H and O–H groups in total. The molecule has 1 aliphatic heterocycles. The maximum absolute atomic E-state index is 9.57. The van der Waals surface area contributed by atoms with Gasteiger partial charge in [0, 0.05) is 37.8 Å². The van der Waals surface area contributed by atoms with E-state index in [2.05, 4.69) is 45.9 Å². The second-order valence-corrected chi connectivity index (χ2v) is 6.81. The first kappa shape index (κ1) is 17.1. The molecule has 6 nitrogen and oxygen atoms in total. The first-order valence-corrected chi connectivity index (χ1v) is 8.55. The molecule has 24 heavy (non-hydrogen) atoms. The number of benzene rings is 1. The Morgan fingerprint density at radius 3 is 2.92 bits per heavy atom. The Hall–Kier alpha value is -1.76. The summed E-state index contributed by atoms with van der Waals surface area (Å²) in [7, 11) is 0. The van der Waals surface area contributed by atoms with Gasteiger partial charge in [0.1, 0.15) is 0 Å². The maximum atomic E-state index is 9.57. The average molecular weight is 330 g/mol. The van der Waals surface area contributed by atoms with Crippen LogP contribution in [0.5, 0.6) is 0 Å². The van der Waals surface area contributed by atoms with Crippen LogP contribution in [0.25, 0.3) is 11.4 Å². The van der Waals surface area contributed by atoms with Crippen molar-refractivity contribution in [3.63, 3.8) is 0 Å². The highest BCUT2D eigenvalue weighted by Crippen LogP contribution is 2.18. The molecular formula is C18H26N4O2. The Labute approximate surface area is 143 Å². The standard InChI is InChI=1S/C18H26N4O2/c1-13-5-4-6-16(9-13)18-19-17(24-20-18)12-21-7-8-22(11-15(3)23)14(2)10-21/h4-6,9,14-15,23H,7-8,10-12H2,1-3H3/t14-,15-/m0/s1. The molecule has 2 atom stereocenters. The fourth-order valence-electron chi connectivity index (χ4n) is 3.24. The smallest absolute Gasteiger partial charge is 0.241 e. The van der Waals surface area contributed by atoms with Crippen LogP contribution in [0.4, 0.5) is 0 Å². The summed E-state index contributed by atoms with van der Waals surface area (Å²) >= 11 is 0. The van der Waals surface area contributed by atoms with Crippen molar-refractivity contribution in [2.24, 2.45) is 0 Å². The minimum Gasteiger partial charge on any atom is -0.392 e. The number of hydrogen-bond acceptors (Lipinski definition) is 6. The van der Waals surface area contributed by atoms with Gasteiger partial charge in [-0.25, -0.2) is 0 Å². The van der Waals surface area contributed by atoms with Crippen molar-refractivity contribution < 1.29 is 9.63 Å². The van der Waals surface area contributed by atoms with E-state index in [1.165, 1.54) is 5.56 Å². The summed E-state index contributed by atoms with van der Waals surface area (Å²) in [4.78, 5) is 9.19. The molecule has 1 aliphatic rings. The summed E-state index contributed by atoms with van der Waals surface area (Å²) < 4.78 is 5.43. The molecule has 0 radical (unpaired) electrons. The molecule has 6 heteroatoms. The number of aliphatic hydroxyl groups excluding tert-OH is 1. The zero-order chi connectivity index (χ0) is 17.1. The molecule has 0 unspecified atom stereocenters. The van der Waals surface area contributed by atoms with Crippen LogP contribution in [0.15, 0.2) is 28.8 Å². The van der Waals surface area contributed by atoms with Crippen LogP contribution in [0.1, 0.15) is 25.3 Å². The minimum atomic E-state index is -0.285. The van der Waals surface area contributed by atoms with Gasteiger partial charge in [0.25, 0.3) is 0 Å².